The van der Waals surface area contributed by atoms with Crippen molar-refractivity contribution in [3.8, 4) is 5.75 Å². The van der Waals surface area contributed by atoms with Crippen molar-refractivity contribution in [2.75, 3.05) is 33.3 Å². The largest absolute Gasteiger partial charge is 0.484 e. The summed E-state index contributed by atoms with van der Waals surface area (Å²) in [5.74, 6) is 0.525. The molecule has 0 spiro atoms. The summed E-state index contributed by atoms with van der Waals surface area (Å²) in [6, 6.07) is 7.55. The van der Waals surface area contributed by atoms with Crippen LogP contribution in [0.25, 0.3) is 0 Å². The number of aryl methyl sites for hydroxylation is 1. The van der Waals surface area contributed by atoms with E-state index in [1.165, 1.54) is 0 Å². The molecule has 0 N–H and O–H groups in total. The van der Waals surface area contributed by atoms with Crippen LogP contribution in [0.5, 0.6) is 5.75 Å². The first-order valence-corrected chi connectivity index (χ1v) is 6.28. The summed E-state index contributed by atoms with van der Waals surface area (Å²) < 4.78 is 5.50. The normalized spacial score (nSPS) is 15.6. The van der Waals surface area contributed by atoms with Gasteiger partial charge in [-0.1, -0.05) is 18.2 Å². The van der Waals surface area contributed by atoms with Gasteiger partial charge in [0.1, 0.15) is 5.75 Å². The maximum Gasteiger partial charge on any atom is 0.261 e. The zero-order valence-corrected chi connectivity index (χ0v) is 11.3. The number of piperazine rings is 1. The highest BCUT2D eigenvalue weighted by Crippen LogP contribution is 2.16. The van der Waals surface area contributed by atoms with Crippen molar-refractivity contribution < 1.29 is 14.3 Å². The molecule has 5 heteroatoms. The number of rotatable bonds is 3. The summed E-state index contributed by atoms with van der Waals surface area (Å²) in [7, 11) is 1.74. The first kappa shape index (κ1) is 13.4. The Kier molecular flexibility index (Phi) is 4.04. The van der Waals surface area contributed by atoms with Crippen LogP contribution in [0.3, 0.4) is 0 Å². The van der Waals surface area contributed by atoms with E-state index in [1.54, 1.807) is 16.8 Å². The molecule has 19 heavy (non-hydrogen) atoms. The van der Waals surface area contributed by atoms with E-state index in [0.717, 1.165) is 5.56 Å². The highest BCUT2D eigenvalue weighted by molar-refractivity contribution is 5.86. The van der Waals surface area contributed by atoms with Crippen LogP contribution in [0.4, 0.5) is 0 Å². The van der Waals surface area contributed by atoms with Crippen LogP contribution in [0.1, 0.15) is 5.56 Å². The Balaban J connectivity index is 1.88. The van der Waals surface area contributed by atoms with E-state index in [2.05, 4.69) is 0 Å². The third-order valence-electron chi connectivity index (χ3n) is 3.25. The molecule has 1 heterocycles. The van der Waals surface area contributed by atoms with E-state index >= 15 is 0 Å². The third kappa shape index (κ3) is 3.24. The quantitative estimate of drug-likeness (QED) is 0.804. The van der Waals surface area contributed by atoms with Gasteiger partial charge >= 0.3 is 0 Å². The number of ether oxygens (including phenoxy) is 1. The number of likely N-dealkylation sites (N-methyl/N-ethyl adjacent to an activating group) is 1. The number of carbonyl (C=O) groups is 2. The molecule has 1 saturated heterocycles. The Hall–Kier alpha value is -2.04. The molecule has 0 radical (unpaired) electrons. The minimum Gasteiger partial charge on any atom is -0.484 e. The lowest BCUT2D eigenvalue weighted by atomic mass is 10.2. The number of benzene rings is 1. The van der Waals surface area contributed by atoms with Crippen molar-refractivity contribution in [2.45, 2.75) is 6.92 Å². The second kappa shape index (κ2) is 5.73. The molecule has 1 aliphatic heterocycles. The van der Waals surface area contributed by atoms with E-state index in [1.807, 2.05) is 31.2 Å². The summed E-state index contributed by atoms with van der Waals surface area (Å²) in [6.07, 6.45) is 0. The van der Waals surface area contributed by atoms with Gasteiger partial charge in [0.15, 0.2) is 6.61 Å². The molecule has 0 aromatic heterocycles. The number of para-hydroxylation sites is 1. The van der Waals surface area contributed by atoms with Crippen LogP contribution in [0, 0.1) is 6.92 Å². The van der Waals surface area contributed by atoms with Crippen LogP contribution in [-0.2, 0) is 9.59 Å². The van der Waals surface area contributed by atoms with E-state index in [0.29, 0.717) is 18.8 Å². The lowest BCUT2D eigenvalue weighted by Gasteiger charge is -2.31. The van der Waals surface area contributed by atoms with Gasteiger partial charge in [-0.15, -0.1) is 0 Å². The second-order valence-corrected chi connectivity index (χ2v) is 4.68. The van der Waals surface area contributed by atoms with E-state index < -0.39 is 0 Å². The van der Waals surface area contributed by atoms with Gasteiger partial charge in [0, 0.05) is 20.1 Å². The van der Waals surface area contributed by atoms with Gasteiger partial charge in [0.05, 0.1) is 6.54 Å². The Morgan fingerprint density at radius 3 is 2.74 bits per heavy atom. The standard InChI is InChI=1S/C14H18N2O3/c1-11-5-3-4-6-12(11)19-10-14(18)16-8-7-15(2)13(17)9-16/h3-6H,7-10H2,1-2H3. The van der Waals surface area contributed by atoms with Crippen LogP contribution in [0.2, 0.25) is 0 Å². The van der Waals surface area contributed by atoms with Gasteiger partial charge < -0.3 is 14.5 Å². The fourth-order valence-corrected chi connectivity index (χ4v) is 1.92. The Labute approximate surface area is 112 Å². The molecule has 1 aromatic rings. The van der Waals surface area contributed by atoms with Gasteiger partial charge in [0.25, 0.3) is 5.91 Å². The molecule has 102 valence electrons. The number of amides is 2. The summed E-state index contributed by atoms with van der Waals surface area (Å²) >= 11 is 0. The van der Waals surface area contributed by atoms with Crippen molar-refractivity contribution in [3.05, 3.63) is 29.8 Å². The smallest absolute Gasteiger partial charge is 0.261 e. The molecule has 2 amide bonds. The van der Waals surface area contributed by atoms with Crippen LogP contribution < -0.4 is 4.74 Å². The van der Waals surface area contributed by atoms with Crippen molar-refractivity contribution in [2.24, 2.45) is 0 Å². The van der Waals surface area contributed by atoms with Crippen LogP contribution in [-0.4, -0.2) is 54.9 Å². The molecular formula is C14H18N2O3. The average Bonchev–Trinajstić information content (AvgIpc) is 2.40. The first-order chi connectivity index (χ1) is 9.08. The zero-order chi connectivity index (χ0) is 13.8. The lowest BCUT2D eigenvalue weighted by Crippen LogP contribution is -2.51. The molecule has 1 aromatic carbocycles. The summed E-state index contributed by atoms with van der Waals surface area (Å²) in [5.41, 5.74) is 0.991. The first-order valence-electron chi connectivity index (χ1n) is 6.28. The molecule has 2 rings (SSSR count). The molecule has 0 atom stereocenters. The molecule has 1 fully saturated rings. The number of hydrogen-bond donors (Lipinski definition) is 0. The Bertz CT molecular complexity index is 487. The zero-order valence-electron chi connectivity index (χ0n) is 11.3. The fraction of sp³-hybridized carbons (Fsp3) is 0.429. The minimum absolute atomic E-state index is 0.0259. The highest BCUT2D eigenvalue weighted by Gasteiger charge is 2.24. The molecular weight excluding hydrogens is 244 g/mol. The fourth-order valence-electron chi connectivity index (χ4n) is 1.92. The van der Waals surface area contributed by atoms with Gasteiger partial charge in [0.2, 0.25) is 5.91 Å². The van der Waals surface area contributed by atoms with Crippen LogP contribution >= 0.6 is 0 Å². The number of carbonyl (C=O) groups excluding carboxylic acids is 2. The van der Waals surface area contributed by atoms with Gasteiger partial charge in [-0.2, -0.15) is 0 Å². The summed E-state index contributed by atoms with van der Waals surface area (Å²) in [4.78, 5) is 26.7. The topological polar surface area (TPSA) is 49.9 Å². The second-order valence-electron chi connectivity index (χ2n) is 4.68. The third-order valence-corrected chi connectivity index (χ3v) is 3.25. The molecule has 0 bridgehead atoms. The monoisotopic (exact) mass is 262 g/mol. The predicted molar refractivity (Wildman–Crippen MR) is 70.9 cm³/mol. The van der Waals surface area contributed by atoms with Gasteiger partial charge in [-0.3, -0.25) is 9.59 Å². The molecule has 1 aliphatic rings. The maximum absolute atomic E-state index is 12.0. The van der Waals surface area contributed by atoms with Gasteiger partial charge in [-0.25, -0.2) is 0 Å². The van der Waals surface area contributed by atoms with Crippen molar-refractivity contribution in [1.29, 1.82) is 0 Å². The molecule has 0 unspecified atom stereocenters. The molecule has 0 aliphatic carbocycles. The maximum atomic E-state index is 12.0. The van der Waals surface area contributed by atoms with Gasteiger partial charge in [-0.05, 0) is 18.6 Å². The number of nitrogens with zero attached hydrogens (tertiary/aromatic N) is 2. The van der Waals surface area contributed by atoms with E-state index in [4.69, 9.17) is 4.74 Å². The molecule has 0 saturated carbocycles. The molecule has 5 nitrogen and oxygen atoms in total. The van der Waals surface area contributed by atoms with Crippen molar-refractivity contribution >= 4 is 11.8 Å². The van der Waals surface area contributed by atoms with Crippen molar-refractivity contribution in [1.82, 2.24) is 9.80 Å². The summed E-state index contributed by atoms with van der Waals surface area (Å²) in [5, 5.41) is 0. The number of hydrogen-bond acceptors (Lipinski definition) is 3. The average molecular weight is 262 g/mol. The van der Waals surface area contributed by atoms with Crippen LogP contribution in [0.15, 0.2) is 24.3 Å². The van der Waals surface area contributed by atoms with E-state index in [-0.39, 0.29) is 25.0 Å². The predicted octanol–water partition coefficient (Wildman–Crippen LogP) is 0.674. The van der Waals surface area contributed by atoms with E-state index in [9.17, 15) is 9.59 Å². The lowest BCUT2D eigenvalue weighted by molar-refractivity contribution is -0.145. The van der Waals surface area contributed by atoms with Crippen molar-refractivity contribution in [3.63, 3.8) is 0 Å². The Morgan fingerprint density at radius 2 is 2.05 bits per heavy atom. The highest BCUT2D eigenvalue weighted by atomic mass is 16.5. The SMILES string of the molecule is Cc1ccccc1OCC(=O)N1CCN(C)C(=O)C1. The summed E-state index contributed by atoms with van der Waals surface area (Å²) in [6.45, 7) is 3.20. The minimum atomic E-state index is -0.148. The Morgan fingerprint density at radius 1 is 1.32 bits per heavy atom.